The lowest BCUT2D eigenvalue weighted by Gasteiger charge is -2.15. The minimum Gasteiger partial charge on any atom is -0.481 e. The molecule has 7 heteroatoms. The van der Waals surface area contributed by atoms with Gasteiger partial charge >= 0.3 is 11.9 Å². The minimum atomic E-state index is -1.36. The van der Waals surface area contributed by atoms with Crippen LogP contribution in [0.25, 0.3) is 0 Å². The largest absolute Gasteiger partial charge is 0.481 e. The lowest BCUT2D eigenvalue weighted by molar-refractivity contribution is -0.147. The van der Waals surface area contributed by atoms with Crippen molar-refractivity contribution in [3.63, 3.8) is 0 Å². The Hall–Kier alpha value is -1.63. The number of carboxylic acid groups (broad SMARTS) is 2. The van der Waals surface area contributed by atoms with Gasteiger partial charge in [0.15, 0.2) is 0 Å². The van der Waals surface area contributed by atoms with Gasteiger partial charge in [-0.15, -0.1) is 0 Å². The Morgan fingerprint density at radius 3 is 2.47 bits per heavy atom. The number of carboxylic acids is 2. The van der Waals surface area contributed by atoms with Crippen molar-refractivity contribution in [3.8, 4) is 0 Å². The van der Waals surface area contributed by atoms with Gasteiger partial charge in [0, 0.05) is 6.54 Å². The van der Waals surface area contributed by atoms with Crippen LogP contribution in [0.3, 0.4) is 0 Å². The van der Waals surface area contributed by atoms with Crippen LogP contribution >= 0.6 is 0 Å². The summed E-state index contributed by atoms with van der Waals surface area (Å²) in [6, 6.07) is -1.36. The van der Waals surface area contributed by atoms with Crippen LogP contribution in [0.2, 0.25) is 0 Å². The van der Waals surface area contributed by atoms with Gasteiger partial charge in [-0.2, -0.15) is 0 Å². The number of likely N-dealkylation sites (tertiary alicyclic amines) is 1. The van der Waals surface area contributed by atoms with E-state index in [2.05, 4.69) is 5.32 Å². The van der Waals surface area contributed by atoms with Crippen LogP contribution in [0.15, 0.2) is 0 Å². The Bertz CT molecular complexity index is 331. The maximum atomic E-state index is 11.7. The SMILES string of the molecule is CN1CCC(C(=O)N[C@H](CC(=O)O)C(=O)O)C1. The zero-order valence-corrected chi connectivity index (χ0v) is 9.55. The normalized spacial score (nSPS) is 22.1. The van der Waals surface area contributed by atoms with Crippen LogP contribution in [0.5, 0.6) is 0 Å². The van der Waals surface area contributed by atoms with Gasteiger partial charge < -0.3 is 20.4 Å². The Morgan fingerprint density at radius 1 is 1.41 bits per heavy atom. The van der Waals surface area contributed by atoms with Gasteiger partial charge in [-0.25, -0.2) is 4.79 Å². The van der Waals surface area contributed by atoms with E-state index >= 15 is 0 Å². The van der Waals surface area contributed by atoms with E-state index < -0.39 is 24.4 Å². The topological polar surface area (TPSA) is 107 Å². The lowest BCUT2D eigenvalue weighted by atomic mass is 10.1. The molecular weight excluding hydrogens is 228 g/mol. The quantitative estimate of drug-likeness (QED) is 0.571. The Balaban J connectivity index is 2.52. The smallest absolute Gasteiger partial charge is 0.326 e. The second-order valence-electron chi connectivity index (χ2n) is 4.25. The number of nitrogens with zero attached hydrogens (tertiary/aromatic N) is 1. The van der Waals surface area contributed by atoms with Gasteiger partial charge in [0.05, 0.1) is 12.3 Å². The van der Waals surface area contributed by atoms with Crippen LogP contribution in [0.4, 0.5) is 0 Å². The number of aliphatic carboxylic acids is 2. The Kier molecular flexibility index (Phi) is 4.45. The average molecular weight is 244 g/mol. The van der Waals surface area contributed by atoms with E-state index in [4.69, 9.17) is 10.2 Å². The van der Waals surface area contributed by atoms with E-state index in [1.54, 1.807) is 0 Å². The molecule has 0 aliphatic carbocycles. The molecule has 1 unspecified atom stereocenters. The van der Waals surface area contributed by atoms with Gasteiger partial charge in [-0.1, -0.05) is 0 Å². The minimum absolute atomic E-state index is 0.254. The molecule has 2 atom stereocenters. The lowest BCUT2D eigenvalue weighted by Crippen LogP contribution is -2.45. The predicted octanol–water partition coefficient (Wildman–Crippen LogP) is -1.02. The molecule has 0 aromatic carbocycles. The van der Waals surface area contributed by atoms with Crippen LogP contribution in [-0.2, 0) is 14.4 Å². The average Bonchev–Trinajstić information content (AvgIpc) is 2.63. The molecule has 1 fully saturated rings. The number of amides is 1. The second-order valence-corrected chi connectivity index (χ2v) is 4.25. The van der Waals surface area contributed by atoms with E-state index in [1.165, 1.54) is 0 Å². The molecule has 0 spiro atoms. The van der Waals surface area contributed by atoms with Crippen molar-refractivity contribution in [2.24, 2.45) is 5.92 Å². The fourth-order valence-corrected chi connectivity index (χ4v) is 1.81. The van der Waals surface area contributed by atoms with E-state index in [-0.39, 0.29) is 11.8 Å². The molecule has 1 saturated heterocycles. The van der Waals surface area contributed by atoms with E-state index in [0.29, 0.717) is 13.0 Å². The van der Waals surface area contributed by atoms with Gasteiger partial charge in [-0.05, 0) is 20.0 Å². The fourth-order valence-electron chi connectivity index (χ4n) is 1.81. The van der Waals surface area contributed by atoms with Crippen molar-refractivity contribution in [3.05, 3.63) is 0 Å². The number of nitrogens with one attached hydrogen (secondary N) is 1. The van der Waals surface area contributed by atoms with Crippen molar-refractivity contribution in [1.82, 2.24) is 10.2 Å². The monoisotopic (exact) mass is 244 g/mol. The molecule has 1 aliphatic heterocycles. The molecular formula is C10H16N2O5. The first-order chi connectivity index (χ1) is 7.90. The number of rotatable bonds is 5. The van der Waals surface area contributed by atoms with Crippen molar-refractivity contribution in [1.29, 1.82) is 0 Å². The highest BCUT2D eigenvalue weighted by Crippen LogP contribution is 2.14. The van der Waals surface area contributed by atoms with Crippen LogP contribution in [-0.4, -0.2) is 59.1 Å². The fraction of sp³-hybridized carbons (Fsp3) is 0.700. The van der Waals surface area contributed by atoms with Crippen molar-refractivity contribution in [2.75, 3.05) is 20.1 Å². The van der Waals surface area contributed by atoms with Gasteiger partial charge in [-0.3, -0.25) is 9.59 Å². The molecule has 17 heavy (non-hydrogen) atoms. The molecule has 3 N–H and O–H groups in total. The maximum Gasteiger partial charge on any atom is 0.326 e. The van der Waals surface area contributed by atoms with Gasteiger partial charge in [0.25, 0.3) is 0 Å². The number of carbonyl (C=O) groups is 3. The first kappa shape index (κ1) is 13.4. The Morgan fingerprint density at radius 2 is 2.06 bits per heavy atom. The summed E-state index contributed by atoms with van der Waals surface area (Å²) < 4.78 is 0. The highest BCUT2D eigenvalue weighted by Gasteiger charge is 2.30. The van der Waals surface area contributed by atoms with Crippen LogP contribution in [0.1, 0.15) is 12.8 Å². The summed E-state index contributed by atoms with van der Waals surface area (Å²) in [6.07, 6.45) is 0.0609. The zero-order valence-electron chi connectivity index (χ0n) is 9.55. The highest BCUT2D eigenvalue weighted by atomic mass is 16.4. The highest BCUT2D eigenvalue weighted by molar-refractivity contribution is 5.87. The zero-order chi connectivity index (χ0) is 13.0. The second kappa shape index (κ2) is 5.62. The first-order valence-electron chi connectivity index (χ1n) is 5.33. The molecule has 1 rings (SSSR count). The summed E-state index contributed by atoms with van der Waals surface area (Å²) in [7, 11) is 1.87. The molecule has 0 aromatic heterocycles. The number of hydrogen-bond donors (Lipinski definition) is 3. The molecule has 96 valence electrons. The molecule has 0 aromatic rings. The van der Waals surface area contributed by atoms with E-state index in [9.17, 15) is 14.4 Å². The summed E-state index contributed by atoms with van der Waals surface area (Å²) in [5.41, 5.74) is 0. The maximum absolute atomic E-state index is 11.7. The predicted molar refractivity (Wildman–Crippen MR) is 57.4 cm³/mol. The molecule has 0 radical (unpaired) electrons. The third-order valence-corrected chi connectivity index (χ3v) is 2.76. The molecule has 1 amide bonds. The standard InChI is InChI=1S/C10H16N2O5/c1-12-3-2-6(5-12)9(15)11-7(10(16)17)4-8(13)14/h6-7H,2-5H2,1H3,(H,11,15)(H,13,14)(H,16,17)/t6?,7-/m1/s1. The molecule has 0 bridgehead atoms. The van der Waals surface area contributed by atoms with Crippen molar-refractivity contribution in [2.45, 2.75) is 18.9 Å². The van der Waals surface area contributed by atoms with Crippen LogP contribution in [0, 0.1) is 5.92 Å². The molecule has 0 saturated carbocycles. The summed E-state index contributed by atoms with van der Waals surface area (Å²) in [4.78, 5) is 34.9. The summed E-state index contributed by atoms with van der Waals surface area (Å²) >= 11 is 0. The van der Waals surface area contributed by atoms with Crippen molar-refractivity contribution >= 4 is 17.8 Å². The molecule has 7 nitrogen and oxygen atoms in total. The summed E-state index contributed by atoms with van der Waals surface area (Å²) in [5.74, 6) is -3.22. The van der Waals surface area contributed by atoms with Gasteiger partial charge in [0.2, 0.25) is 5.91 Å². The molecule has 1 aliphatic rings. The molecule has 1 heterocycles. The van der Waals surface area contributed by atoms with Gasteiger partial charge in [0.1, 0.15) is 6.04 Å². The number of hydrogen-bond acceptors (Lipinski definition) is 4. The first-order valence-corrected chi connectivity index (χ1v) is 5.33. The number of carbonyl (C=O) groups excluding carboxylic acids is 1. The third kappa shape index (κ3) is 4.03. The van der Waals surface area contributed by atoms with E-state index in [1.807, 2.05) is 11.9 Å². The summed E-state index contributed by atoms with van der Waals surface area (Å²) in [5, 5.41) is 19.6. The third-order valence-electron chi connectivity index (χ3n) is 2.76. The van der Waals surface area contributed by atoms with Crippen molar-refractivity contribution < 1.29 is 24.6 Å². The summed E-state index contributed by atoms with van der Waals surface area (Å²) in [6.45, 7) is 1.36. The Labute approximate surface area is 98.4 Å². The van der Waals surface area contributed by atoms with E-state index in [0.717, 1.165) is 6.54 Å². The van der Waals surface area contributed by atoms with Crippen LogP contribution < -0.4 is 5.32 Å².